The van der Waals surface area contributed by atoms with Crippen LogP contribution in [0.1, 0.15) is 16.8 Å². The molecule has 0 saturated heterocycles. The van der Waals surface area contributed by atoms with Crippen LogP contribution in [0.5, 0.6) is 0 Å². The molecule has 0 bridgehead atoms. The molecule has 2 rings (SSSR count). The Morgan fingerprint density at radius 2 is 1.76 bits per heavy atom. The Kier molecular flexibility index (Phi) is 2.75. The third kappa shape index (κ3) is 2.08. The molecule has 1 aromatic carbocycles. The fourth-order valence-electron chi connectivity index (χ4n) is 1.57. The third-order valence-electron chi connectivity index (χ3n) is 2.54. The molecule has 0 amide bonds. The molecular weight excluding hydrogens is 212 g/mol. The minimum atomic E-state index is 0.232. The van der Waals surface area contributed by atoms with Crippen molar-refractivity contribution in [3.05, 3.63) is 41.1 Å². The molecule has 0 aliphatic carbocycles. The van der Waals surface area contributed by atoms with Crippen LogP contribution in [0.3, 0.4) is 0 Å². The number of hydrogen-bond acceptors (Lipinski definition) is 4. The van der Waals surface area contributed by atoms with Crippen molar-refractivity contribution in [2.24, 2.45) is 0 Å². The van der Waals surface area contributed by atoms with Crippen LogP contribution in [0.2, 0.25) is 0 Å². The molecule has 0 aliphatic rings. The van der Waals surface area contributed by atoms with Gasteiger partial charge in [-0.2, -0.15) is 5.26 Å². The van der Waals surface area contributed by atoms with Gasteiger partial charge in [0.15, 0.2) is 5.82 Å². The topological polar surface area (TPSA) is 75.6 Å². The molecule has 0 saturated carbocycles. The lowest BCUT2D eigenvalue weighted by Gasteiger charge is -2.05. The number of aryl methyl sites for hydroxylation is 2. The SMILES string of the molecule is Cc1ccc(-c2nc(C)c(C#N)c(N)n2)cc1. The lowest BCUT2D eigenvalue weighted by atomic mass is 10.1. The van der Waals surface area contributed by atoms with Crippen molar-refractivity contribution in [3.63, 3.8) is 0 Å². The number of anilines is 1. The van der Waals surface area contributed by atoms with Gasteiger partial charge in [-0.3, -0.25) is 0 Å². The standard InChI is InChI=1S/C13H12N4/c1-8-3-5-10(6-4-8)13-16-9(2)11(7-14)12(15)17-13/h3-6H,1-2H3,(H2,15,16,17). The number of hydrogen-bond donors (Lipinski definition) is 1. The van der Waals surface area contributed by atoms with Crippen LogP contribution in [0.15, 0.2) is 24.3 Å². The quantitative estimate of drug-likeness (QED) is 0.805. The molecule has 4 heteroatoms. The van der Waals surface area contributed by atoms with Gasteiger partial charge in [-0.1, -0.05) is 29.8 Å². The molecule has 0 radical (unpaired) electrons. The molecule has 2 N–H and O–H groups in total. The maximum atomic E-state index is 8.89. The highest BCUT2D eigenvalue weighted by molar-refractivity contribution is 5.61. The first-order chi connectivity index (χ1) is 8.11. The molecule has 0 unspecified atom stereocenters. The molecule has 84 valence electrons. The van der Waals surface area contributed by atoms with Gasteiger partial charge in [0.25, 0.3) is 0 Å². The van der Waals surface area contributed by atoms with Gasteiger partial charge in [0.2, 0.25) is 0 Å². The Hall–Kier alpha value is -2.41. The van der Waals surface area contributed by atoms with Gasteiger partial charge in [-0.15, -0.1) is 0 Å². The fourth-order valence-corrected chi connectivity index (χ4v) is 1.57. The Labute approximate surface area is 99.8 Å². The second-order valence-electron chi connectivity index (χ2n) is 3.87. The average Bonchev–Trinajstić information content (AvgIpc) is 2.29. The van der Waals surface area contributed by atoms with E-state index in [1.165, 1.54) is 5.56 Å². The fraction of sp³-hybridized carbons (Fsp3) is 0.154. The van der Waals surface area contributed by atoms with Crippen molar-refractivity contribution in [2.75, 3.05) is 5.73 Å². The second-order valence-corrected chi connectivity index (χ2v) is 3.87. The van der Waals surface area contributed by atoms with Crippen LogP contribution in [0.4, 0.5) is 5.82 Å². The maximum absolute atomic E-state index is 8.89. The molecule has 1 aromatic heterocycles. The summed E-state index contributed by atoms with van der Waals surface area (Å²) < 4.78 is 0. The highest BCUT2D eigenvalue weighted by Crippen LogP contribution is 2.20. The van der Waals surface area contributed by atoms with Crippen molar-refractivity contribution < 1.29 is 0 Å². The molecule has 0 aliphatic heterocycles. The molecule has 1 heterocycles. The first-order valence-corrected chi connectivity index (χ1v) is 5.23. The first kappa shape index (κ1) is 11.1. The number of rotatable bonds is 1. The summed E-state index contributed by atoms with van der Waals surface area (Å²) in [4.78, 5) is 8.44. The van der Waals surface area contributed by atoms with Gasteiger partial charge in [0.05, 0.1) is 5.69 Å². The Morgan fingerprint density at radius 1 is 1.12 bits per heavy atom. The van der Waals surface area contributed by atoms with E-state index in [-0.39, 0.29) is 5.82 Å². The minimum Gasteiger partial charge on any atom is -0.382 e. The van der Waals surface area contributed by atoms with Crippen molar-refractivity contribution in [1.29, 1.82) is 5.26 Å². The Balaban J connectivity index is 2.55. The van der Waals surface area contributed by atoms with Gasteiger partial charge >= 0.3 is 0 Å². The predicted molar refractivity (Wildman–Crippen MR) is 66.1 cm³/mol. The zero-order valence-electron chi connectivity index (χ0n) is 9.73. The number of nitrogen functional groups attached to an aromatic ring is 1. The number of nitrogens with two attached hydrogens (primary N) is 1. The summed E-state index contributed by atoms with van der Waals surface area (Å²) in [5.74, 6) is 0.787. The second kappa shape index (κ2) is 4.22. The monoisotopic (exact) mass is 224 g/mol. The lowest BCUT2D eigenvalue weighted by molar-refractivity contribution is 1.10. The van der Waals surface area contributed by atoms with Crippen molar-refractivity contribution in [3.8, 4) is 17.5 Å². The van der Waals surface area contributed by atoms with E-state index in [0.717, 1.165) is 5.56 Å². The highest BCUT2D eigenvalue weighted by Gasteiger charge is 2.09. The zero-order chi connectivity index (χ0) is 12.4. The average molecular weight is 224 g/mol. The van der Waals surface area contributed by atoms with Gasteiger partial charge in [-0.05, 0) is 13.8 Å². The van der Waals surface area contributed by atoms with Crippen LogP contribution >= 0.6 is 0 Å². The van der Waals surface area contributed by atoms with Gasteiger partial charge in [-0.25, -0.2) is 9.97 Å². The summed E-state index contributed by atoms with van der Waals surface area (Å²) >= 11 is 0. The molecule has 0 atom stereocenters. The summed E-state index contributed by atoms with van der Waals surface area (Å²) in [5, 5.41) is 8.89. The van der Waals surface area contributed by atoms with Crippen LogP contribution in [0.25, 0.3) is 11.4 Å². The maximum Gasteiger partial charge on any atom is 0.161 e. The molecular formula is C13H12N4. The van der Waals surface area contributed by atoms with Crippen LogP contribution in [-0.4, -0.2) is 9.97 Å². The first-order valence-electron chi connectivity index (χ1n) is 5.23. The number of nitriles is 1. The molecule has 0 spiro atoms. The predicted octanol–water partition coefficient (Wildman–Crippen LogP) is 2.21. The molecule has 4 nitrogen and oxygen atoms in total. The summed E-state index contributed by atoms with van der Waals surface area (Å²) in [5.41, 5.74) is 8.75. The van der Waals surface area contributed by atoms with E-state index >= 15 is 0 Å². The highest BCUT2D eigenvalue weighted by atomic mass is 15.0. The number of benzene rings is 1. The normalized spacial score (nSPS) is 9.94. The Bertz CT molecular complexity index is 571. The van der Waals surface area contributed by atoms with Crippen LogP contribution in [-0.2, 0) is 0 Å². The summed E-state index contributed by atoms with van der Waals surface area (Å²) in [6.07, 6.45) is 0. The van der Waals surface area contributed by atoms with E-state index < -0.39 is 0 Å². The van der Waals surface area contributed by atoms with Gasteiger partial charge in [0, 0.05) is 5.56 Å². The third-order valence-corrected chi connectivity index (χ3v) is 2.54. The largest absolute Gasteiger partial charge is 0.382 e. The van der Waals surface area contributed by atoms with Crippen molar-refractivity contribution in [1.82, 2.24) is 9.97 Å². The van der Waals surface area contributed by atoms with Gasteiger partial charge < -0.3 is 5.73 Å². The summed E-state index contributed by atoms with van der Waals surface area (Å²) in [7, 11) is 0. The number of nitrogens with zero attached hydrogens (tertiary/aromatic N) is 3. The zero-order valence-corrected chi connectivity index (χ0v) is 9.73. The van der Waals surface area contributed by atoms with E-state index in [1.54, 1.807) is 6.92 Å². The smallest absolute Gasteiger partial charge is 0.161 e. The van der Waals surface area contributed by atoms with Crippen molar-refractivity contribution >= 4 is 5.82 Å². The van der Waals surface area contributed by atoms with Gasteiger partial charge in [0.1, 0.15) is 17.5 Å². The van der Waals surface area contributed by atoms with Crippen molar-refractivity contribution in [2.45, 2.75) is 13.8 Å². The lowest BCUT2D eigenvalue weighted by Crippen LogP contribution is -2.02. The summed E-state index contributed by atoms with van der Waals surface area (Å²) in [6, 6.07) is 9.86. The molecule has 17 heavy (non-hydrogen) atoms. The van der Waals surface area contributed by atoms with E-state index in [2.05, 4.69) is 9.97 Å². The minimum absolute atomic E-state index is 0.232. The van der Waals surface area contributed by atoms with Crippen LogP contribution in [0, 0.1) is 25.2 Å². The summed E-state index contributed by atoms with van der Waals surface area (Å²) in [6.45, 7) is 3.78. The van der Waals surface area contributed by atoms with E-state index in [9.17, 15) is 0 Å². The number of aromatic nitrogens is 2. The van der Waals surface area contributed by atoms with E-state index in [1.807, 2.05) is 37.3 Å². The molecule has 0 fully saturated rings. The van der Waals surface area contributed by atoms with E-state index in [4.69, 9.17) is 11.0 Å². The Morgan fingerprint density at radius 3 is 2.29 bits per heavy atom. The van der Waals surface area contributed by atoms with Crippen LogP contribution < -0.4 is 5.73 Å². The van der Waals surface area contributed by atoms with E-state index in [0.29, 0.717) is 17.1 Å². The molecule has 2 aromatic rings.